The first-order valence-corrected chi connectivity index (χ1v) is 7.84. The third-order valence-corrected chi connectivity index (χ3v) is 4.44. The molecule has 2 aromatic carbocycles. The van der Waals surface area contributed by atoms with Crippen molar-refractivity contribution in [1.82, 2.24) is 9.97 Å². The van der Waals surface area contributed by atoms with E-state index in [1.165, 1.54) is 10.8 Å². The van der Waals surface area contributed by atoms with Gasteiger partial charge in [0.05, 0.1) is 11.4 Å². The third-order valence-electron chi connectivity index (χ3n) is 3.46. The largest absolute Gasteiger partial charge is 0.353 e. The second kappa shape index (κ2) is 4.50. The fourth-order valence-electron chi connectivity index (χ4n) is 2.49. The van der Waals surface area contributed by atoms with Crippen molar-refractivity contribution in [3.8, 4) is 11.4 Å². The molecule has 0 saturated heterocycles. The number of H-pyrrole nitrogens is 2. The van der Waals surface area contributed by atoms with Gasteiger partial charge in [-0.3, -0.25) is 0 Å². The molecule has 4 aromatic rings. The summed E-state index contributed by atoms with van der Waals surface area (Å²) < 4.78 is 2.18. The van der Waals surface area contributed by atoms with Crippen molar-refractivity contribution in [2.45, 2.75) is 0 Å². The molecule has 0 aliphatic heterocycles. The number of fused-ring (bicyclic) bond motifs is 2. The van der Waals surface area contributed by atoms with Crippen LogP contribution in [0.4, 0.5) is 0 Å². The number of nitrogens with one attached hydrogen (secondary N) is 2. The van der Waals surface area contributed by atoms with Crippen LogP contribution in [0.3, 0.4) is 0 Å². The maximum atomic E-state index is 3.51. The standard InChI is InChI=1S/C16H10Br2N2/c17-11-3-4-13-10(5-11)7-16(19-13)15-6-9-1-2-12(18)8-14(9)20-15/h1-8,19-20H. The molecule has 20 heavy (non-hydrogen) atoms. The van der Waals surface area contributed by atoms with Crippen LogP contribution >= 0.6 is 31.9 Å². The van der Waals surface area contributed by atoms with Crippen molar-refractivity contribution in [2.75, 3.05) is 0 Å². The summed E-state index contributed by atoms with van der Waals surface area (Å²) in [6, 6.07) is 16.8. The van der Waals surface area contributed by atoms with Crippen LogP contribution in [-0.2, 0) is 0 Å². The minimum atomic E-state index is 1.08. The van der Waals surface area contributed by atoms with Crippen LogP contribution in [0, 0.1) is 0 Å². The molecule has 0 amide bonds. The van der Waals surface area contributed by atoms with Gasteiger partial charge >= 0.3 is 0 Å². The highest BCUT2D eigenvalue weighted by Crippen LogP contribution is 2.29. The summed E-state index contributed by atoms with van der Waals surface area (Å²) in [5.74, 6) is 0. The maximum absolute atomic E-state index is 3.51. The summed E-state index contributed by atoms with van der Waals surface area (Å²) in [6.07, 6.45) is 0. The van der Waals surface area contributed by atoms with Gasteiger partial charge in [-0.05, 0) is 42.5 Å². The Labute approximate surface area is 132 Å². The monoisotopic (exact) mass is 388 g/mol. The maximum Gasteiger partial charge on any atom is 0.0630 e. The highest BCUT2D eigenvalue weighted by molar-refractivity contribution is 9.10. The van der Waals surface area contributed by atoms with Crippen molar-refractivity contribution >= 4 is 53.7 Å². The van der Waals surface area contributed by atoms with E-state index in [4.69, 9.17) is 0 Å². The van der Waals surface area contributed by atoms with Crippen LogP contribution in [0.25, 0.3) is 33.2 Å². The summed E-state index contributed by atoms with van der Waals surface area (Å²) in [5.41, 5.74) is 4.48. The predicted molar refractivity (Wildman–Crippen MR) is 91.0 cm³/mol. The Balaban J connectivity index is 1.91. The average molecular weight is 390 g/mol. The quantitative estimate of drug-likeness (QED) is 0.409. The smallest absolute Gasteiger partial charge is 0.0630 e. The van der Waals surface area contributed by atoms with Gasteiger partial charge in [-0.1, -0.05) is 37.9 Å². The van der Waals surface area contributed by atoms with Crippen molar-refractivity contribution in [1.29, 1.82) is 0 Å². The Morgan fingerprint density at radius 3 is 2.10 bits per heavy atom. The molecule has 0 aliphatic carbocycles. The van der Waals surface area contributed by atoms with Crippen molar-refractivity contribution in [3.05, 3.63) is 57.5 Å². The first-order chi connectivity index (χ1) is 9.69. The molecule has 0 atom stereocenters. The molecular weight excluding hydrogens is 380 g/mol. The molecule has 2 heterocycles. The SMILES string of the molecule is Brc1ccc2[nH]c(-c3cc4ccc(Br)cc4[nH]3)cc2c1. The number of hydrogen-bond donors (Lipinski definition) is 2. The van der Waals surface area contributed by atoms with Gasteiger partial charge in [0.25, 0.3) is 0 Å². The summed E-state index contributed by atoms with van der Waals surface area (Å²) >= 11 is 7.01. The first kappa shape index (κ1) is 12.2. The molecule has 0 bridgehead atoms. The van der Waals surface area contributed by atoms with Gasteiger partial charge in [0.1, 0.15) is 0 Å². The summed E-state index contributed by atoms with van der Waals surface area (Å²) in [4.78, 5) is 6.91. The van der Waals surface area contributed by atoms with Crippen molar-refractivity contribution in [3.63, 3.8) is 0 Å². The van der Waals surface area contributed by atoms with E-state index in [0.29, 0.717) is 0 Å². The zero-order valence-corrected chi connectivity index (χ0v) is 13.5. The molecule has 2 N–H and O–H groups in total. The van der Waals surface area contributed by atoms with Crippen LogP contribution in [0.2, 0.25) is 0 Å². The van der Waals surface area contributed by atoms with E-state index in [9.17, 15) is 0 Å². The molecule has 4 heteroatoms. The van der Waals surface area contributed by atoms with Crippen LogP contribution in [0.5, 0.6) is 0 Å². The lowest BCUT2D eigenvalue weighted by Crippen LogP contribution is -1.75. The van der Waals surface area contributed by atoms with Crippen LogP contribution in [0.1, 0.15) is 0 Å². The summed E-state index contributed by atoms with van der Waals surface area (Å²) in [5, 5.41) is 2.41. The van der Waals surface area contributed by atoms with E-state index in [-0.39, 0.29) is 0 Å². The normalized spacial score (nSPS) is 11.5. The molecule has 2 aromatic heterocycles. The van der Waals surface area contributed by atoms with Gasteiger partial charge in [0.15, 0.2) is 0 Å². The number of aromatic nitrogens is 2. The van der Waals surface area contributed by atoms with Crippen molar-refractivity contribution < 1.29 is 0 Å². The van der Waals surface area contributed by atoms with Crippen LogP contribution in [0.15, 0.2) is 57.5 Å². The zero-order chi connectivity index (χ0) is 13.7. The fourth-order valence-corrected chi connectivity index (χ4v) is 3.23. The predicted octanol–water partition coefficient (Wildman–Crippen LogP) is 5.84. The van der Waals surface area contributed by atoms with E-state index in [2.05, 4.69) is 84.3 Å². The van der Waals surface area contributed by atoms with Gasteiger partial charge < -0.3 is 9.97 Å². The molecule has 0 unspecified atom stereocenters. The number of benzene rings is 2. The molecule has 0 aliphatic rings. The minimum Gasteiger partial charge on any atom is -0.353 e. The second-order valence-electron chi connectivity index (χ2n) is 4.83. The first-order valence-electron chi connectivity index (χ1n) is 6.26. The molecule has 0 radical (unpaired) electrons. The number of hydrogen-bond acceptors (Lipinski definition) is 0. The Kier molecular flexibility index (Phi) is 2.75. The van der Waals surface area contributed by atoms with E-state index in [0.717, 1.165) is 31.4 Å². The summed E-state index contributed by atoms with van der Waals surface area (Å²) in [6.45, 7) is 0. The third kappa shape index (κ3) is 2.00. The zero-order valence-electron chi connectivity index (χ0n) is 10.4. The lowest BCUT2D eigenvalue weighted by atomic mass is 10.2. The number of rotatable bonds is 1. The molecule has 2 nitrogen and oxygen atoms in total. The minimum absolute atomic E-state index is 1.08. The Bertz CT molecular complexity index is 856. The van der Waals surface area contributed by atoms with Crippen molar-refractivity contribution in [2.24, 2.45) is 0 Å². The Morgan fingerprint density at radius 2 is 1.25 bits per heavy atom. The molecule has 0 fully saturated rings. The van der Waals surface area contributed by atoms with Gasteiger partial charge in [-0.25, -0.2) is 0 Å². The average Bonchev–Trinajstić information content (AvgIpc) is 3.00. The lowest BCUT2D eigenvalue weighted by molar-refractivity contribution is 1.38. The summed E-state index contributed by atoms with van der Waals surface area (Å²) in [7, 11) is 0. The van der Waals surface area contributed by atoms with E-state index >= 15 is 0 Å². The Morgan fingerprint density at radius 1 is 0.600 bits per heavy atom. The highest BCUT2D eigenvalue weighted by Gasteiger charge is 2.07. The highest BCUT2D eigenvalue weighted by atomic mass is 79.9. The van der Waals surface area contributed by atoms with E-state index in [1.807, 2.05) is 6.07 Å². The molecule has 0 spiro atoms. The van der Waals surface area contributed by atoms with Gasteiger partial charge in [0, 0.05) is 30.8 Å². The molecule has 4 rings (SSSR count). The number of halogens is 2. The Hall–Kier alpha value is -1.52. The van der Waals surface area contributed by atoms with Crippen LogP contribution in [-0.4, -0.2) is 9.97 Å². The van der Waals surface area contributed by atoms with E-state index in [1.54, 1.807) is 0 Å². The molecule has 98 valence electrons. The van der Waals surface area contributed by atoms with Crippen LogP contribution < -0.4 is 0 Å². The second-order valence-corrected chi connectivity index (χ2v) is 6.66. The van der Waals surface area contributed by atoms with Gasteiger partial charge in [-0.2, -0.15) is 0 Å². The fraction of sp³-hybridized carbons (Fsp3) is 0. The topological polar surface area (TPSA) is 31.6 Å². The number of aromatic amines is 2. The van der Waals surface area contributed by atoms with Gasteiger partial charge in [-0.15, -0.1) is 0 Å². The van der Waals surface area contributed by atoms with Gasteiger partial charge in [0.2, 0.25) is 0 Å². The lowest BCUT2D eigenvalue weighted by Gasteiger charge is -1.91. The molecular formula is C16H10Br2N2. The molecule has 0 saturated carbocycles. The van der Waals surface area contributed by atoms with E-state index < -0.39 is 0 Å².